The topological polar surface area (TPSA) is 55.4 Å². The Kier molecular flexibility index (Phi) is 5.22. The van der Waals surface area contributed by atoms with Crippen LogP contribution in [0.4, 0.5) is 5.69 Å². The van der Waals surface area contributed by atoms with Gasteiger partial charge in [0.2, 0.25) is 0 Å². The summed E-state index contributed by atoms with van der Waals surface area (Å²) in [7, 11) is -2.96. The van der Waals surface area contributed by atoms with E-state index in [-0.39, 0.29) is 11.5 Å². The third kappa shape index (κ3) is 4.79. The number of sulfone groups is 1. The predicted octanol–water partition coefficient (Wildman–Crippen LogP) is 3.33. The molecule has 0 fully saturated rings. The molecule has 0 atom stereocenters. The van der Waals surface area contributed by atoms with E-state index >= 15 is 0 Å². The molecule has 0 unspecified atom stereocenters. The molecule has 2 rings (SSSR count). The molecule has 0 aromatic heterocycles. The van der Waals surface area contributed by atoms with Gasteiger partial charge in [-0.25, -0.2) is 8.42 Å². The minimum absolute atomic E-state index is 0.114. The Bertz CT molecular complexity index is 669. The highest BCUT2D eigenvalue weighted by Gasteiger charge is 2.08. The van der Waals surface area contributed by atoms with E-state index in [9.17, 15) is 8.42 Å². The van der Waals surface area contributed by atoms with Gasteiger partial charge >= 0.3 is 0 Å². The Hall–Kier alpha value is -2.01. The lowest BCUT2D eigenvalue weighted by Gasteiger charge is -2.12. The van der Waals surface area contributed by atoms with Gasteiger partial charge in [0, 0.05) is 12.3 Å². The fraction of sp³-hybridized carbons (Fsp3) is 0.250. The van der Waals surface area contributed by atoms with E-state index in [2.05, 4.69) is 5.32 Å². The highest BCUT2D eigenvalue weighted by atomic mass is 32.2. The first-order valence-electron chi connectivity index (χ1n) is 6.87. The first-order chi connectivity index (χ1) is 10.1. The van der Waals surface area contributed by atoms with Crippen molar-refractivity contribution in [2.45, 2.75) is 6.92 Å². The molecule has 0 bridgehead atoms. The van der Waals surface area contributed by atoms with Crippen molar-refractivity contribution < 1.29 is 13.2 Å². The summed E-state index contributed by atoms with van der Waals surface area (Å²) in [6.45, 7) is 2.02. The zero-order valence-corrected chi connectivity index (χ0v) is 12.8. The molecule has 0 aliphatic rings. The van der Waals surface area contributed by atoms with Gasteiger partial charge in [0.05, 0.1) is 11.4 Å². The normalized spacial score (nSPS) is 11.1. The van der Waals surface area contributed by atoms with Gasteiger partial charge in [-0.1, -0.05) is 37.3 Å². The van der Waals surface area contributed by atoms with Crippen molar-refractivity contribution in [2.75, 3.05) is 23.4 Å². The lowest BCUT2D eigenvalue weighted by molar-refractivity contribution is 0.484. The third-order valence-electron chi connectivity index (χ3n) is 3.03. The van der Waals surface area contributed by atoms with Crippen LogP contribution in [-0.4, -0.2) is 26.5 Å². The molecule has 4 nitrogen and oxygen atoms in total. The summed E-state index contributed by atoms with van der Waals surface area (Å²) in [5.74, 6) is 1.70. The van der Waals surface area contributed by atoms with Gasteiger partial charge < -0.3 is 10.1 Å². The fourth-order valence-corrected chi connectivity index (χ4v) is 2.50. The first-order valence-corrected chi connectivity index (χ1v) is 8.69. The summed E-state index contributed by atoms with van der Waals surface area (Å²) in [6, 6.07) is 17.0. The number of rotatable bonds is 7. The molecule has 0 aliphatic carbocycles. The second kappa shape index (κ2) is 7.13. The van der Waals surface area contributed by atoms with Crippen molar-refractivity contribution in [3.05, 3.63) is 54.6 Å². The van der Waals surface area contributed by atoms with Crippen LogP contribution in [-0.2, 0) is 9.84 Å². The Morgan fingerprint density at radius 3 is 2.38 bits per heavy atom. The Balaban J connectivity index is 2.04. The summed E-state index contributed by atoms with van der Waals surface area (Å²) in [5.41, 5.74) is 0.785. The van der Waals surface area contributed by atoms with Crippen molar-refractivity contribution in [3.8, 4) is 11.5 Å². The van der Waals surface area contributed by atoms with Crippen LogP contribution >= 0.6 is 0 Å². The number of ether oxygens (including phenoxy) is 1. The van der Waals surface area contributed by atoms with E-state index in [4.69, 9.17) is 4.74 Å². The van der Waals surface area contributed by atoms with Gasteiger partial charge in [-0.2, -0.15) is 0 Å². The monoisotopic (exact) mass is 305 g/mol. The fourth-order valence-electron chi connectivity index (χ4n) is 1.80. The quantitative estimate of drug-likeness (QED) is 0.852. The van der Waals surface area contributed by atoms with Gasteiger partial charge in [-0.3, -0.25) is 0 Å². The van der Waals surface area contributed by atoms with Crippen LogP contribution in [0.1, 0.15) is 6.92 Å². The first kappa shape index (κ1) is 15.4. The van der Waals surface area contributed by atoms with Gasteiger partial charge in [0.1, 0.15) is 5.75 Å². The average molecular weight is 305 g/mol. The molecule has 112 valence electrons. The molecule has 21 heavy (non-hydrogen) atoms. The van der Waals surface area contributed by atoms with Crippen LogP contribution in [0.25, 0.3) is 0 Å². The number of anilines is 1. The van der Waals surface area contributed by atoms with E-state index < -0.39 is 9.84 Å². The van der Waals surface area contributed by atoms with Crippen LogP contribution in [0.3, 0.4) is 0 Å². The van der Waals surface area contributed by atoms with E-state index in [1.165, 1.54) is 0 Å². The van der Waals surface area contributed by atoms with Crippen molar-refractivity contribution in [1.82, 2.24) is 0 Å². The molecule has 2 aromatic carbocycles. The van der Waals surface area contributed by atoms with Gasteiger partial charge in [0.15, 0.2) is 15.6 Å². The smallest absolute Gasteiger partial charge is 0.151 e. The van der Waals surface area contributed by atoms with Gasteiger partial charge in [-0.15, -0.1) is 0 Å². The Morgan fingerprint density at radius 1 is 1.00 bits per heavy atom. The maximum Gasteiger partial charge on any atom is 0.151 e. The zero-order chi connectivity index (χ0) is 15.1. The highest BCUT2D eigenvalue weighted by Crippen LogP contribution is 2.28. The van der Waals surface area contributed by atoms with E-state index in [0.29, 0.717) is 12.3 Å². The summed E-state index contributed by atoms with van der Waals surface area (Å²) in [4.78, 5) is 0. The molecule has 0 spiro atoms. The molecular formula is C16H19NO3S. The standard InChI is InChI=1S/C16H19NO3S/c1-2-21(18,19)13-12-17-15-10-6-7-11-16(15)20-14-8-4-3-5-9-14/h3-11,17H,2,12-13H2,1H3. The van der Waals surface area contributed by atoms with Crippen molar-refractivity contribution in [1.29, 1.82) is 0 Å². The molecule has 2 aromatic rings. The molecule has 0 radical (unpaired) electrons. The molecule has 5 heteroatoms. The van der Waals surface area contributed by atoms with Crippen molar-refractivity contribution >= 4 is 15.5 Å². The minimum atomic E-state index is -2.96. The summed E-state index contributed by atoms with van der Waals surface area (Å²) in [5, 5.41) is 3.12. The second-order valence-corrected chi connectivity index (χ2v) is 7.05. The van der Waals surface area contributed by atoms with Gasteiger partial charge in [0.25, 0.3) is 0 Å². The van der Waals surface area contributed by atoms with Crippen LogP contribution in [0, 0.1) is 0 Å². The highest BCUT2D eigenvalue weighted by molar-refractivity contribution is 7.91. The summed E-state index contributed by atoms with van der Waals surface area (Å²) in [6.07, 6.45) is 0. The maximum atomic E-state index is 11.5. The predicted molar refractivity (Wildman–Crippen MR) is 85.8 cm³/mol. The number of para-hydroxylation sites is 3. The van der Waals surface area contributed by atoms with Crippen LogP contribution in [0.2, 0.25) is 0 Å². The minimum Gasteiger partial charge on any atom is -0.455 e. The lowest BCUT2D eigenvalue weighted by atomic mass is 10.3. The molecule has 0 saturated carbocycles. The SMILES string of the molecule is CCS(=O)(=O)CCNc1ccccc1Oc1ccccc1. The Labute approximate surface area is 125 Å². The van der Waals surface area contributed by atoms with Crippen LogP contribution in [0.15, 0.2) is 54.6 Å². The zero-order valence-electron chi connectivity index (χ0n) is 12.0. The molecule has 0 aliphatic heterocycles. The second-order valence-electron chi connectivity index (χ2n) is 4.57. The van der Waals surface area contributed by atoms with Crippen molar-refractivity contribution in [2.24, 2.45) is 0 Å². The van der Waals surface area contributed by atoms with E-state index in [1.54, 1.807) is 6.92 Å². The van der Waals surface area contributed by atoms with E-state index in [0.717, 1.165) is 11.4 Å². The number of benzene rings is 2. The molecule has 0 amide bonds. The number of hydrogen-bond acceptors (Lipinski definition) is 4. The molecule has 0 heterocycles. The third-order valence-corrected chi connectivity index (χ3v) is 4.73. The molecular weight excluding hydrogens is 286 g/mol. The number of hydrogen-bond donors (Lipinski definition) is 1. The van der Waals surface area contributed by atoms with Gasteiger partial charge in [-0.05, 0) is 24.3 Å². The Morgan fingerprint density at radius 2 is 1.67 bits per heavy atom. The van der Waals surface area contributed by atoms with E-state index in [1.807, 2.05) is 54.6 Å². The average Bonchev–Trinajstić information content (AvgIpc) is 2.50. The molecule has 0 saturated heterocycles. The largest absolute Gasteiger partial charge is 0.455 e. The number of nitrogens with one attached hydrogen (secondary N) is 1. The van der Waals surface area contributed by atoms with Crippen molar-refractivity contribution in [3.63, 3.8) is 0 Å². The maximum absolute atomic E-state index is 11.5. The summed E-state index contributed by atoms with van der Waals surface area (Å²) < 4.78 is 28.8. The van der Waals surface area contributed by atoms with Crippen LogP contribution in [0.5, 0.6) is 11.5 Å². The van der Waals surface area contributed by atoms with Crippen LogP contribution < -0.4 is 10.1 Å². The molecule has 1 N–H and O–H groups in total. The lowest BCUT2D eigenvalue weighted by Crippen LogP contribution is -2.17. The summed E-state index contributed by atoms with van der Waals surface area (Å²) >= 11 is 0.